The molecule has 6 nitrogen and oxygen atoms in total. The molecule has 1 aromatic carbocycles. The van der Waals surface area contributed by atoms with E-state index < -0.39 is 23.7 Å². The highest BCUT2D eigenvalue weighted by Gasteiger charge is 2.27. The van der Waals surface area contributed by atoms with Crippen LogP contribution in [0.25, 0.3) is 10.9 Å². The minimum absolute atomic E-state index is 0.490. The number of carbonyl (C=O) groups excluding carboxylic acids is 1. The number of fused-ring (bicyclic) bond motifs is 1. The van der Waals surface area contributed by atoms with Crippen LogP contribution in [0.2, 0.25) is 0 Å². The molecule has 6 heteroatoms. The summed E-state index contributed by atoms with van der Waals surface area (Å²) in [5.74, 6) is -1.15. The molecule has 3 N–H and O–H groups in total. The largest absolute Gasteiger partial charge is 0.479 e. The van der Waals surface area contributed by atoms with E-state index in [1.807, 2.05) is 18.2 Å². The molecular formula is C15H18N2O4. The van der Waals surface area contributed by atoms with Crippen molar-refractivity contribution in [2.75, 3.05) is 0 Å². The number of aliphatic carboxylic acids is 1. The van der Waals surface area contributed by atoms with Gasteiger partial charge in [-0.1, -0.05) is 18.2 Å². The summed E-state index contributed by atoms with van der Waals surface area (Å²) < 4.78 is 5.10. The summed E-state index contributed by atoms with van der Waals surface area (Å²) >= 11 is 0. The lowest BCUT2D eigenvalue weighted by atomic mass is 10.1. The Labute approximate surface area is 122 Å². The molecule has 21 heavy (non-hydrogen) atoms. The van der Waals surface area contributed by atoms with Crippen molar-refractivity contribution in [3.63, 3.8) is 0 Å². The van der Waals surface area contributed by atoms with E-state index in [2.05, 4.69) is 10.3 Å². The topological polar surface area (TPSA) is 91.4 Å². The second kappa shape index (κ2) is 5.47. The fourth-order valence-corrected chi connectivity index (χ4v) is 2.03. The number of H-pyrrole nitrogens is 1. The molecule has 0 aliphatic carbocycles. The van der Waals surface area contributed by atoms with Crippen LogP contribution in [0, 0.1) is 0 Å². The SMILES string of the molecule is CC(C)(C)OC(=O)N[C@@H](C(=O)O)c1c[nH]c2ccccc12. The molecule has 2 aromatic rings. The van der Waals surface area contributed by atoms with Crippen molar-refractivity contribution in [1.29, 1.82) is 0 Å². The summed E-state index contributed by atoms with van der Waals surface area (Å²) in [4.78, 5) is 26.2. The van der Waals surface area contributed by atoms with Gasteiger partial charge in [0.25, 0.3) is 0 Å². The third-order valence-electron chi connectivity index (χ3n) is 2.84. The van der Waals surface area contributed by atoms with E-state index in [9.17, 15) is 14.7 Å². The highest BCUT2D eigenvalue weighted by molar-refractivity contribution is 5.90. The first-order valence-corrected chi connectivity index (χ1v) is 6.56. The third kappa shape index (κ3) is 3.53. The number of carboxylic acids is 1. The number of rotatable bonds is 3. The predicted molar refractivity (Wildman–Crippen MR) is 78.0 cm³/mol. The van der Waals surface area contributed by atoms with Crippen LogP contribution in [-0.2, 0) is 9.53 Å². The van der Waals surface area contributed by atoms with Crippen LogP contribution in [0.3, 0.4) is 0 Å². The highest BCUT2D eigenvalue weighted by atomic mass is 16.6. The van der Waals surface area contributed by atoms with Gasteiger partial charge in [-0.05, 0) is 26.8 Å². The molecule has 0 fully saturated rings. The average Bonchev–Trinajstić information content (AvgIpc) is 2.77. The molecule has 0 unspecified atom stereocenters. The smallest absolute Gasteiger partial charge is 0.408 e. The van der Waals surface area contributed by atoms with Crippen LogP contribution >= 0.6 is 0 Å². The number of nitrogens with one attached hydrogen (secondary N) is 2. The molecule has 0 bridgehead atoms. The fraction of sp³-hybridized carbons (Fsp3) is 0.333. The maximum Gasteiger partial charge on any atom is 0.408 e. The van der Waals surface area contributed by atoms with Crippen LogP contribution in [-0.4, -0.2) is 27.8 Å². The molecule has 112 valence electrons. The number of hydrogen-bond acceptors (Lipinski definition) is 3. The van der Waals surface area contributed by atoms with Crippen molar-refractivity contribution in [3.8, 4) is 0 Å². The average molecular weight is 290 g/mol. The molecule has 1 aromatic heterocycles. The molecule has 0 radical (unpaired) electrons. The Morgan fingerprint density at radius 3 is 2.57 bits per heavy atom. The van der Waals surface area contributed by atoms with Crippen LogP contribution < -0.4 is 5.32 Å². The Balaban J connectivity index is 2.28. The number of amides is 1. The Kier molecular flexibility index (Phi) is 3.88. The van der Waals surface area contributed by atoms with Gasteiger partial charge in [-0.25, -0.2) is 9.59 Å². The molecule has 2 rings (SSSR count). The molecular weight excluding hydrogens is 272 g/mol. The van der Waals surface area contributed by atoms with E-state index in [-0.39, 0.29) is 0 Å². The lowest BCUT2D eigenvalue weighted by Gasteiger charge is -2.21. The quantitative estimate of drug-likeness (QED) is 0.810. The fourth-order valence-electron chi connectivity index (χ4n) is 2.03. The molecule has 0 saturated heterocycles. The van der Waals surface area contributed by atoms with E-state index in [0.717, 1.165) is 10.9 Å². The number of aromatic amines is 1. The van der Waals surface area contributed by atoms with E-state index >= 15 is 0 Å². The van der Waals surface area contributed by atoms with Crippen molar-refractivity contribution in [2.45, 2.75) is 32.4 Å². The van der Waals surface area contributed by atoms with Crippen LogP contribution in [0.15, 0.2) is 30.5 Å². The Hall–Kier alpha value is -2.50. The van der Waals surface area contributed by atoms with Crippen LogP contribution in [0.4, 0.5) is 4.79 Å². The first-order valence-electron chi connectivity index (χ1n) is 6.56. The summed E-state index contributed by atoms with van der Waals surface area (Å²) in [6.45, 7) is 5.15. The van der Waals surface area contributed by atoms with Crippen LogP contribution in [0.5, 0.6) is 0 Å². The number of hydrogen-bond donors (Lipinski definition) is 3. The van der Waals surface area contributed by atoms with Crippen molar-refractivity contribution in [2.24, 2.45) is 0 Å². The number of benzene rings is 1. The summed E-state index contributed by atoms with van der Waals surface area (Å²) in [5.41, 5.74) is 0.613. The standard InChI is InChI=1S/C15H18N2O4/c1-15(2,3)21-14(20)17-12(13(18)19)10-8-16-11-7-5-4-6-9(10)11/h4-8,12,16H,1-3H3,(H,17,20)(H,18,19)/t12-/m1/s1. The number of alkyl carbamates (subject to hydrolysis) is 1. The monoisotopic (exact) mass is 290 g/mol. The van der Waals surface area contributed by atoms with Gasteiger partial charge >= 0.3 is 12.1 Å². The third-order valence-corrected chi connectivity index (χ3v) is 2.84. The van der Waals surface area contributed by atoms with E-state index in [0.29, 0.717) is 5.56 Å². The lowest BCUT2D eigenvalue weighted by Crippen LogP contribution is -2.38. The second-order valence-corrected chi connectivity index (χ2v) is 5.71. The summed E-state index contributed by atoms with van der Waals surface area (Å²) in [6, 6.07) is 6.13. The van der Waals surface area contributed by atoms with Gasteiger partial charge in [-0.15, -0.1) is 0 Å². The van der Waals surface area contributed by atoms with Gasteiger partial charge in [0, 0.05) is 22.7 Å². The number of para-hydroxylation sites is 1. The van der Waals surface area contributed by atoms with E-state index in [4.69, 9.17) is 4.74 Å². The Morgan fingerprint density at radius 2 is 1.95 bits per heavy atom. The van der Waals surface area contributed by atoms with Crippen molar-refractivity contribution in [3.05, 3.63) is 36.0 Å². The number of carboxylic acid groups (broad SMARTS) is 1. The first-order chi connectivity index (χ1) is 9.78. The zero-order valence-electron chi connectivity index (χ0n) is 12.1. The molecule has 0 aliphatic heterocycles. The molecule has 0 spiro atoms. The Morgan fingerprint density at radius 1 is 1.29 bits per heavy atom. The predicted octanol–water partition coefficient (Wildman–Crippen LogP) is 2.82. The van der Waals surface area contributed by atoms with Gasteiger partial charge in [-0.3, -0.25) is 0 Å². The normalized spacial score (nSPS) is 12.9. The van der Waals surface area contributed by atoms with Crippen molar-refractivity contribution in [1.82, 2.24) is 10.3 Å². The van der Waals surface area contributed by atoms with Crippen LogP contribution in [0.1, 0.15) is 32.4 Å². The maximum absolute atomic E-state index is 11.8. The molecule has 1 amide bonds. The van der Waals surface area contributed by atoms with Gasteiger partial charge in [-0.2, -0.15) is 0 Å². The number of aromatic nitrogens is 1. The van der Waals surface area contributed by atoms with E-state index in [1.54, 1.807) is 33.0 Å². The molecule has 0 aliphatic rings. The summed E-state index contributed by atoms with van der Waals surface area (Å²) in [5, 5.41) is 12.5. The lowest BCUT2D eigenvalue weighted by molar-refractivity contribution is -0.139. The second-order valence-electron chi connectivity index (χ2n) is 5.71. The Bertz CT molecular complexity index is 670. The zero-order valence-corrected chi connectivity index (χ0v) is 12.1. The zero-order chi connectivity index (χ0) is 15.6. The van der Waals surface area contributed by atoms with Gasteiger partial charge in [0.15, 0.2) is 6.04 Å². The number of carbonyl (C=O) groups is 2. The van der Waals surface area contributed by atoms with Crippen molar-refractivity contribution < 1.29 is 19.4 Å². The van der Waals surface area contributed by atoms with Gasteiger partial charge in [0.2, 0.25) is 0 Å². The minimum atomic E-state index is -1.17. The number of ether oxygens (including phenoxy) is 1. The highest BCUT2D eigenvalue weighted by Crippen LogP contribution is 2.24. The molecule has 0 saturated carbocycles. The summed E-state index contributed by atoms with van der Waals surface area (Å²) in [6.07, 6.45) is 0.820. The van der Waals surface area contributed by atoms with Crippen molar-refractivity contribution >= 4 is 23.0 Å². The minimum Gasteiger partial charge on any atom is -0.479 e. The van der Waals surface area contributed by atoms with Gasteiger partial charge in [0.05, 0.1) is 0 Å². The maximum atomic E-state index is 11.8. The van der Waals surface area contributed by atoms with E-state index in [1.165, 1.54) is 0 Å². The van der Waals surface area contributed by atoms with Gasteiger partial charge in [0.1, 0.15) is 5.60 Å². The van der Waals surface area contributed by atoms with Gasteiger partial charge < -0.3 is 20.1 Å². The molecule has 1 heterocycles. The summed E-state index contributed by atoms with van der Waals surface area (Å²) in [7, 11) is 0. The molecule has 1 atom stereocenters. The first kappa shape index (κ1) is 14.9.